The molecule has 1 amide bonds. The first-order valence-electron chi connectivity index (χ1n) is 6.97. The van der Waals surface area contributed by atoms with Gasteiger partial charge >= 0.3 is 0 Å². The fraction of sp³-hybridized carbons (Fsp3) is 0.533. The molecular weight excluding hydrogens is 238 g/mol. The van der Waals surface area contributed by atoms with Crippen LogP contribution >= 0.6 is 0 Å². The molecule has 104 valence electrons. The number of nitrogens with one attached hydrogen (secondary N) is 1. The van der Waals surface area contributed by atoms with Crippen molar-refractivity contribution in [2.45, 2.75) is 19.8 Å². The van der Waals surface area contributed by atoms with Crippen LogP contribution in [0.3, 0.4) is 0 Å². The van der Waals surface area contributed by atoms with E-state index in [0.29, 0.717) is 12.5 Å². The van der Waals surface area contributed by atoms with Gasteiger partial charge in [-0.2, -0.15) is 0 Å². The first kappa shape index (κ1) is 14.0. The van der Waals surface area contributed by atoms with Crippen LogP contribution in [0.25, 0.3) is 0 Å². The van der Waals surface area contributed by atoms with Crippen LogP contribution in [0.5, 0.6) is 0 Å². The second-order valence-corrected chi connectivity index (χ2v) is 5.33. The number of aryl methyl sites for hydroxylation is 1. The van der Waals surface area contributed by atoms with Gasteiger partial charge in [0.1, 0.15) is 0 Å². The maximum atomic E-state index is 12.0. The van der Waals surface area contributed by atoms with Crippen LogP contribution < -0.4 is 11.1 Å². The van der Waals surface area contributed by atoms with Gasteiger partial charge in [0.05, 0.1) is 6.54 Å². The molecule has 1 heterocycles. The molecule has 4 heteroatoms. The summed E-state index contributed by atoms with van der Waals surface area (Å²) in [5.74, 6) is 0.735. The van der Waals surface area contributed by atoms with Crippen LogP contribution in [0, 0.1) is 12.8 Å². The van der Waals surface area contributed by atoms with Gasteiger partial charge in [-0.05, 0) is 50.4 Å². The highest BCUT2D eigenvalue weighted by Gasteiger charge is 2.23. The number of likely N-dealkylation sites (tertiary alicyclic amines) is 1. The number of nitrogens with zero attached hydrogens (tertiary/aromatic N) is 1. The molecule has 2 rings (SSSR count). The number of carbonyl (C=O) groups excluding carboxylic acids is 1. The second-order valence-electron chi connectivity index (χ2n) is 5.33. The molecular formula is C15H23N3O. The average molecular weight is 261 g/mol. The molecule has 0 radical (unpaired) electrons. The molecule has 4 nitrogen and oxygen atoms in total. The predicted octanol–water partition coefficient (Wildman–Crippen LogP) is 1.60. The molecule has 0 spiro atoms. The number of rotatable bonds is 5. The van der Waals surface area contributed by atoms with Gasteiger partial charge in [-0.25, -0.2) is 0 Å². The van der Waals surface area contributed by atoms with E-state index in [9.17, 15) is 4.79 Å². The molecule has 3 N–H and O–H groups in total. The Morgan fingerprint density at radius 3 is 3.00 bits per heavy atom. The summed E-state index contributed by atoms with van der Waals surface area (Å²) < 4.78 is 0. The van der Waals surface area contributed by atoms with E-state index in [0.717, 1.165) is 43.7 Å². The van der Waals surface area contributed by atoms with E-state index < -0.39 is 0 Å². The Morgan fingerprint density at radius 1 is 1.47 bits per heavy atom. The molecule has 0 saturated carbocycles. The molecule has 1 aromatic rings. The van der Waals surface area contributed by atoms with E-state index in [4.69, 9.17) is 5.73 Å². The molecule has 0 aromatic heterocycles. The average Bonchev–Trinajstić information content (AvgIpc) is 2.80. The lowest BCUT2D eigenvalue weighted by molar-refractivity contribution is -0.117. The highest BCUT2D eigenvalue weighted by Crippen LogP contribution is 2.19. The Kier molecular flexibility index (Phi) is 4.93. The zero-order valence-electron chi connectivity index (χ0n) is 11.6. The van der Waals surface area contributed by atoms with Crippen molar-refractivity contribution in [3.8, 4) is 0 Å². The molecule has 1 unspecified atom stereocenters. The zero-order valence-corrected chi connectivity index (χ0v) is 11.6. The lowest BCUT2D eigenvalue weighted by Crippen LogP contribution is -2.31. The van der Waals surface area contributed by atoms with Gasteiger partial charge in [-0.1, -0.05) is 18.2 Å². The van der Waals surface area contributed by atoms with Crippen LogP contribution in [0.1, 0.15) is 18.4 Å². The van der Waals surface area contributed by atoms with Crippen LogP contribution in [0.15, 0.2) is 24.3 Å². The Hall–Kier alpha value is -1.39. The normalized spacial score (nSPS) is 19.6. The minimum absolute atomic E-state index is 0.0719. The minimum atomic E-state index is 0.0719. The highest BCUT2D eigenvalue weighted by molar-refractivity contribution is 5.92. The van der Waals surface area contributed by atoms with Crippen LogP contribution in [0.2, 0.25) is 0 Å². The molecule has 1 aliphatic heterocycles. The van der Waals surface area contributed by atoms with E-state index in [1.54, 1.807) is 0 Å². The van der Waals surface area contributed by atoms with Gasteiger partial charge < -0.3 is 11.1 Å². The van der Waals surface area contributed by atoms with Crippen molar-refractivity contribution >= 4 is 11.6 Å². The Morgan fingerprint density at radius 2 is 2.26 bits per heavy atom. The number of hydrogen-bond acceptors (Lipinski definition) is 3. The summed E-state index contributed by atoms with van der Waals surface area (Å²) in [6.07, 6.45) is 2.23. The van der Waals surface area contributed by atoms with E-state index >= 15 is 0 Å². The quantitative estimate of drug-likeness (QED) is 0.846. The lowest BCUT2D eigenvalue weighted by Gasteiger charge is -2.16. The van der Waals surface area contributed by atoms with Crippen LogP contribution in [0.4, 0.5) is 5.69 Å². The zero-order chi connectivity index (χ0) is 13.7. The smallest absolute Gasteiger partial charge is 0.238 e. The van der Waals surface area contributed by atoms with Crippen molar-refractivity contribution in [3.63, 3.8) is 0 Å². The summed E-state index contributed by atoms with van der Waals surface area (Å²) in [4.78, 5) is 14.2. The van der Waals surface area contributed by atoms with Gasteiger partial charge in [0.25, 0.3) is 0 Å². The van der Waals surface area contributed by atoms with Gasteiger partial charge in [0, 0.05) is 12.2 Å². The van der Waals surface area contributed by atoms with Crippen molar-refractivity contribution in [1.82, 2.24) is 4.90 Å². The van der Waals surface area contributed by atoms with Crippen LogP contribution in [-0.2, 0) is 4.79 Å². The van der Waals surface area contributed by atoms with E-state index in [2.05, 4.69) is 10.2 Å². The molecule has 19 heavy (non-hydrogen) atoms. The lowest BCUT2D eigenvalue weighted by atomic mass is 10.1. The van der Waals surface area contributed by atoms with Crippen molar-refractivity contribution in [1.29, 1.82) is 0 Å². The Bertz CT molecular complexity index is 433. The number of carbonyl (C=O) groups is 1. The third kappa shape index (κ3) is 4.04. The number of benzene rings is 1. The first-order valence-corrected chi connectivity index (χ1v) is 6.97. The summed E-state index contributed by atoms with van der Waals surface area (Å²) in [5, 5.41) is 2.98. The van der Waals surface area contributed by atoms with Crippen LogP contribution in [-0.4, -0.2) is 37.0 Å². The van der Waals surface area contributed by atoms with Gasteiger partial charge in [-0.3, -0.25) is 9.69 Å². The molecule has 1 atom stereocenters. The second kappa shape index (κ2) is 6.68. The summed E-state index contributed by atoms with van der Waals surface area (Å²) >= 11 is 0. The molecule has 0 bridgehead atoms. The molecule has 1 aromatic carbocycles. The molecule has 1 aliphatic rings. The number of nitrogens with two attached hydrogens (primary N) is 1. The van der Waals surface area contributed by atoms with Gasteiger partial charge in [0.2, 0.25) is 5.91 Å². The number of anilines is 1. The van der Waals surface area contributed by atoms with Crippen molar-refractivity contribution in [3.05, 3.63) is 29.8 Å². The summed E-state index contributed by atoms with van der Waals surface area (Å²) in [6.45, 7) is 5.23. The highest BCUT2D eigenvalue weighted by atomic mass is 16.2. The van der Waals surface area contributed by atoms with E-state index in [1.165, 1.54) is 0 Å². The Balaban J connectivity index is 1.81. The predicted molar refractivity (Wildman–Crippen MR) is 78.0 cm³/mol. The summed E-state index contributed by atoms with van der Waals surface area (Å²) in [7, 11) is 0. The third-order valence-electron chi connectivity index (χ3n) is 3.73. The standard InChI is InChI=1S/C15H23N3O/c1-12-4-2-3-5-14(12)17-15(19)11-18-9-7-13(10-18)6-8-16/h2-5,13H,6-11,16H2,1H3,(H,17,19). The summed E-state index contributed by atoms with van der Waals surface area (Å²) in [5.41, 5.74) is 7.58. The first-order chi connectivity index (χ1) is 9.19. The maximum absolute atomic E-state index is 12.0. The minimum Gasteiger partial charge on any atom is -0.330 e. The molecule has 1 saturated heterocycles. The van der Waals surface area contributed by atoms with Gasteiger partial charge in [0.15, 0.2) is 0 Å². The van der Waals surface area contributed by atoms with E-state index in [-0.39, 0.29) is 5.91 Å². The van der Waals surface area contributed by atoms with Crippen molar-refractivity contribution < 1.29 is 4.79 Å². The molecule has 0 aliphatic carbocycles. The Labute approximate surface area is 115 Å². The maximum Gasteiger partial charge on any atom is 0.238 e. The summed E-state index contributed by atoms with van der Waals surface area (Å²) in [6, 6.07) is 7.86. The number of para-hydroxylation sites is 1. The third-order valence-corrected chi connectivity index (χ3v) is 3.73. The fourth-order valence-corrected chi connectivity index (χ4v) is 2.63. The van der Waals surface area contributed by atoms with Gasteiger partial charge in [-0.15, -0.1) is 0 Å². The largest absolute Gasteiger partial charge is 0.330 e. The fourth-order valence-electron chi connectivity index (χ4n) is 2.63. The SMILES string of the molecule is Cc1ccccc1NC(=O)CN1CCC(CCN)C1. The number of hydrogen-bond donors (Lipinski definition) is 2. The van der Waals surface area contributed by atoms with Crippen molar-refractivity contribution in [2.75, 3.05) is 31.5 Å². The number of amides is 1. The van der Waals surface area contributed by atoms with Crippen molar-refractivity contribution in [2.24, 2.45) is 11.7 Å². The topological polar surface area (TPSA) is 58.4 Å². The molecule has 1 fully saturated rings. The van der Waals surface area contributed by atoms with E-state index in [1.807, 2.05) is 31.2 Å². The monoisotopic (exact) mass is 261 g/mol.